The van der Waals surface area contributed by atoms with Crippen molar-refractivity contribution in [2.24, 2.45) is 0 Å². The van der Waals surface area contributed by atoms with Gasteiger partial charge in [0.05, 0.1) is 66.1 Å². The Morgan fingerprint density at radius 1 is 0.314 bits per heavy atom. The van der Waals surface area contributed by atoms with Gasteiger partial charge in [0.25, 0.3) is 0 Å². The monoisotopic (exact) mass is 1170 g/mol. The van der Waals surface area contributed by atoms with E-state index in [1.807, 2.05) is 194 Å². The molecular weight excluding hydrogens is 1090 g/mol. The molecule has 0 unspecified atom stereocenters. The highest BCUT2D eigenvalue weighted by molar-refractivity contribution is 6.83. The molecule has 0 saturated carbocycles. The zero-order chi connectivity index (χ0) is 59.4. The molecule has 11 heteroatoms. The second-order valence-electron chi connectivity index (χ2n) is 22.4. The summed E-state index contributed by atoms with van der Waals surface area (Å²) in [5.41, 5.74) is 12.1. The molecule has 8 aromatic carbocycles. The topological polar surface area (TPSA) is 92.3 Å². The van der Waals surface area contributed by atoms with Gasteiger partial charge in [0.15, 0.2) is 0 Å². The Balaban J connectivity index is 0.000000206. The van der Waals surface area contributed by atoms with E-state index in [4.69, 9.17) is 53.8 Å². The van der Waals surface area contributed by atoms with Crippen LogP contribution < -0.4 is 0 Å². The van der Waals surface area contributed by atoms with Gasteiger partial charge in [-0.1, -0.05) is 274 Å². The summed E-state index contributed by atoms with van der Waals surface area (Å²) in [5.74, 6) is 6.29. The van der Waals surface area contributed by atoms with E-state index in [1.165, 1.54) is 0 Å². The minimum absolute atomic E-state index is 0.295. The van der Waals surface area contributed by atoms with Crippen molar-refractivity contribution in [3.05, 3.63) is 287 Å². The first kappa shape index (κ1) is 63.2. The molecule has 0 N–H and O–H groups in total. The SMILES string of the molecule is C#C[C@@H]1O[C@H](COCc2ccccc2)[C@@H](OCc2ccccc2)[C@H](OCc2ccccc2)[C@H]1OCc1ccccc1.C[Si](C)(C)C#C[C@@H]1O[C@H](COCc2ccccc2)[C@@H](OCc2ccccc2)[C@H](OCc2ccccc2)[C@H]1OCc1ccccc1. The quantitative estimate of drug-likeness (QED) is 0.0386. The van der Waals surface area contributed by atoms with Gasteiger partial charge in [0.1, 0.15) is 69.1 Å². The molecule has 2 saturated heterocycles. The van der Waals surface area contributed by atoms with Crippen LogP contribution in [0.15, 0.2) is 243 Å². The zero-order valence-corrected chi connectivity index (χ0v) is 50.6. The molecule has 86 heavy (non-hydrogen) atoms. The number of terminal acetylenes is 1. The largest absolute Gasteiger partial charge is 0.374 e. The summed E-state index contributed by atoms with van der Waals surface area (Å²) in [4.78, 5) is 0. The molecule has 0 amide bonds. The molecule has 444 valence electrons. The van der Waals surface area contributed by atoms with E-state index in [1.54, 1.807) is 0 Å². The predicted octanol–water partition coefficient (Wildman–Crippen LogP) is 14.0. The van der Waals surface area contributed by atoms with Gasteiger partial charge >= 0.3 is 0 Å². The zero-order valence-electron chi connectivity index (χ0n) is 49.6. The fourth-order valence-corrected chi connectivity index (χ4v) is 10.7. The summed E-state index contributed by atoms with van der Waals surface area (Å²) in [6, 6.07) is 81.0. The van der Waals surface area contributed by atoms with Crippen LogP contribution in [0.4, 0.5) is 0 Å². The summed E-state index contributed by atoms with van der Waals surface area (Å²) >= 11 is 0. The summed E-state index contributed by atoms with van der Waals surface area (Å²) < 4.78 is 65.5. The lowest BCUT2D eigenvalue weighted by Gasteiger charge is -2.45. The smallest absolute Gasteiger partial charge is 0.147 e. The van der Waals surface area contributed by atoms with Crippen molar-refractivity contribution in [3.8, 4) is 23.8 Å². The summed E-state index contributed by atoms with van der Waals surface area (Å²) in [7, 11) is -1.72. The van der Waals surface area contributed by atoms with E-state index in [2.05, 4.69) is 85.6 Å². The first-order chi connectivity index (χ1) is 42.2. The van der Waals surface area contributed by atoms with Crippen molar-refractivity contribution >= 4 is 8.07 Å². The highest BCUT2D eigenvalue weighted by Gasteiger charge is 2.49. The van der Waals surface area contributed by atoms with Crippen molar-refractivity contribution < 1.29 is 47.4 Å². The molecule has 10 nitrogen and oxygen atoms in total. The molecule has 0 bridgehead atoms. The predicted molar refractivity (Wildman–Crippen MR) is 340 cm³/mol. The molecule has 0 aromatic heterocycles. The van der Waals surface area contributed by atoms with Crippen LogP contribution in [0.3, 0.4) is 0 Å². The summed E-state index contributed by atoms with van der Waals surface area (Å²) in [5, 5.41) is 0. The molecule has 2 fully saturated rings. The Hall–Kier alpha value is -7.30. The van der Waals surface area contributed by atoms with Crippen molar-refractivity contribution in [2.75, 3.05) is 13.2 Å². The van der Waals surface area contributed by atoms with Crippen LogP contribution in [0.25, 0.3) is 0 Å². The number of hydrogen-bond acceptors (Lipinski definition) is 10. The first-order valence-corrected chi connectivity index (χ1v) is 33.2. The van der Waals surface area contributed by atoms with E-state index < -0.39 is 69.1 Å². The summed E-state index contributed by atoms with van der Waals surface area (Å²) in [6.07, 6.45) is 1.07. The lowest BCUT2D eigenvalue weighted by atomic mass is 9.94. The number of ether oxygens (including phenoxy) is 10. The second kappa shape index (κ2) is 34.1. The van der Waals surface area contributed by atoms with Gasteiger partial charge < -0.3 is 47.4 Å². The van der Waals surface area contributed by atoms with Gasteiger partial charge in [-0.15, -0.1) is 12.0 Å². The van der Waals surface area contributed by atoms with Gasteiger partial charge in [-0.25, -0.2) is 0 Å². The Morgan fingerprint density at radius 3 is 0.814 bits per heavy atom. The van der Waals surface area contributed by atoms with E-state index in [9.17, 15) is 0 Å². The molecule has 2 heterocycles. The third kappa shape index (κ3) is 20.4. The van der Waals surface area contributed by atoms with Crippen LogP contribution in [-0.4, -0.2) is 82.3 Å². The number of benzene rings is 8. The highest BCUT2D eigenvalue weighted by Crippen LogP contribution is 2.33. The van der Waals surface area contributed by atoms with Gasteiger partial charge in [0, 0.05) is 0 Å². The Kier molecular flexibility index (Phi) is 25.1. The first-order valence-electron chi connectivity index (χ1n) is 29.7. The summed E-state index contributed by atoms with van der Waals surface area (Å²) in [6.45, 7) is 10.6. The Labute approximate surface area is 510 Å². The molecule has 8 aromatic rings. The van der Waals surface area contributed by atoms with Crippen LogP contribution in [0.5, 0.6) is 0 Å². The molecule has 0 spiro atoms. The maximum Gasteiger partial charge on any atom is 0.147 e. The maximum absolute atomic E-state index is 6.80. The Morgan fingerprint density at radius 2 is 0.547 bits per heavy atom. The van der Waals surface area contributed by atoms with Crippen LogP contribution >= 0.6 is 0 Å². The maximum atomic E-state index is 6.80. The second-order valence-corrected chi connectivity index (χ2v) is 27.2. The van der Waals surface area contributed by atoms with Crippen molar-refractivity contribution in [2.45, 2.75) is 134 Å². The third-order valence-electron chi connectivity index (χ3n) is 14.5. The van der Waals surface area contributed by atoms with Crippen molar-refractivity contribution in [1.29, 1.82) is 0 Å². The van der Waals surface area contributed by atoms with Crippen LogP contribution in [-0.2, 0) is 100 Å². The molecule has 10 atom stereocenters. The molecule has 2 aliphatic rings. The van der Waals surface area contributed by atoms with Gasteiger partial charge in [-0.3, -0.25) is 0 Å². The lowest BCUT2D eigenvalue weighted by molar-refractivity contribution is -0.261. The molecule has 0 aliphatic carbocycles. The lowest BCUT2D eigenvalue weighted by Crippen LogP contribution is -2.61. The van der Waals surface area contributed by atoms with E-state index >= 15 is 0 Å². The highest BCUT2D eigenvalue weighted by atomic mass is 28.3. The van der Waals surface area contributed by atoms with Crippen LogP contribution in [0, 0.1) is 23.8 Å². The van der Waals surface area contributed by atoms with Gasteiger partial charge in [-0.2, -0.15) is 0 Å². The standard InChI is InChI=1S/C39H44O5Si.C36H36O5/c1-45(2,3)25-24-35-37(41-27-32-18-10-5-11-19-32)39(43-29-34-22-14-7-15-23-34)38(42-28-33-20-12-6-13-21-33)36(44-35)30-40-26-31-16-8-4-9-17-31;1-2-32-34(38-24-29-17-9-4-10-18-29)36(40-26-31-21-13-6-14-22-31)35(39-25-30-19-11-5-12-20-30)33(41-32)27-37-23-28-15-7-3-8-16-28/h4-23,35-39H,26-30H2,1-3H3;1,3-22,32-36H,23-27H2/t35-,36+,37-,38+,39+;32-,33+,34-,35+,36+/m00/s1. The molecule has 0 radical (unpaired) electrons. The van der Waals surface area contributed by atoms with Crippen molar-refractivity contribution in [1.82, 2.24) is 0 Å². The van der Waals surface area contributed by atoms with E-state index in [0.29, 0.717) is 66.1 Å². The molecule has 10 rings (SSSR count). The fraction of sp³-hybridized carbons (Fsp3) is 0.307. The molecular formula is C75H80O10Si. The van der Waals surface area contributed by atoms with E-state index in [0.717, 1.165) is 44.5 Å². The van der Waals surface area contributed by atoms with E-state index in [-0.39, 0.29) is 0 Å². The number of rotatable bonds is 26. The van der Waals surface area contributed by atoms with Crippen molar-refractivity contribution in [3.63, 3.8) is 0 Å². The number of hydrogen-bond donors (Lipinski definition) is 0. The molecule has 2 aliphatic heterocycles. The Bertz CT molecular complexity index is 3230. The minimum atomic E-state index is -1.72. The third-order valence-corrected chi connectivity index (χ3v) is 15.4. The van der Waals surface area contributed by atoms with Gasteiger partial charge in [0.2, 0.25) is 0 Å². The van der Waals surface area contributed by atoms with Gasteiger partial charge in [-0.05, 0) is 44.5 Å². The average Bonchev–Trinajstić information content (AvgIpc) is 3.69. The average molecular weight is 1170 g/mol. The minimum Gasteiger partial charge on any atom is -0.374 e. The normalized spacial score (nSPS) is 21.8. The fourth-order valence-electron chi connectivity index (χ4n) is 10.1. The van der Waals surface area contributed by atoms with Crippen LogP contribution in [0.2, 0.25) is 19.6 Å². The van der Waals surface area contributed by atoms with Crippen LogP contribution in [0.1, 0.15) is 44.5 Å².